The molecule has 0 bridgehead atoms. The molecule has 0 saturated heterocycles. The van der Waals surface area contributed by atoms with Gasteiger partial charge in [0.2, 0.25) is 0 Å². The topological polar surface area (TPSA) is 24.4 Å². The third kappa shape index (κ3) is 3.76. The molecule has 2 aromatic rings. The maximum absolute atomic E-state index is 5.86. The molecule has 1 N–H and O–H groups in total. The van der Waals surface area contributed by atoms with E-state index in [4.69, 9.17) is 11.6 Å². The average molecular weight is 281 g/mol. The number of para-hydroxylation sites is 1. The zero-order chi connectivity index (χ0) is 12.1. The van der Waals surface area contributed by atoms with Crippen LogP contribution in [-0.2, 0) is 0 Å². The summed E-state index contributed by atoms with van der Waals surface area (Å²) in [5, 5.41) is 4.00. The first kappa shape index (κ1) is 14.6. The highest BCUT2D eigenvalue weighted by Crippen LogP contribution is 2.12. The third-order valence-electron chi connectivity index (χ3n) is 2.38. The van der Waals surface area contributed by atoms with E-state index in [1.165, 1.54) is 0 Å². The summed E-state index contributed by atoms with van der Waals surface area (Å²) in [5.74, 6) is 0.827. The van der Waals surface area contributed by atoms with E-state index in [9.17, 15) is 0 Å². The summed E-state index contributed by atoms with van der Waals surface area (Å²) >= 11 is 5.86. The van der Waals surface area contributed by atoms with Gasteiger partial charge in [0.15, 0.2) is 0 Å². The van der Waals surface area contributed by atoms with Gasteiger partial charge in [-0.25, -0.2) is 0 Å². The SMILES string of the molecule is CN=C(Nc1ccccc1)c1ccc(Cl)cc1.Cl. The molecule has 0 aliphatic rings. The van der Waals surface area contributed by atoms with Crippen molar-refractivity contribution in [2.24, 2.45) is 4.99 Å². The van der Waals surface area contributed by atoms with Crippen LogP contribution in [0.25, 0.3) is 0 Å². The maximum atomic E-state index is 5.86. The summed E-state index contributed by atoms with van der Waals surface area (Å²) in [6.45, 7) is 0. The number of halogens is 2. The number of benzene rings is 2. The van der Waals surface area contributed by atoms with Gasteiger partial charge in [0.05, 0.1) is 0 Å². The molecule has 0 saturated carbocycles. The quantitative estimate of drug-likeness (QED) is 0.646. The number of anilines is 1. The number of hydrogen-bond acceptors (Lipinski definition) is 1. The van der Waals surface area contributed by atoms with Gasteiger partial charge >= 0.3 is 0 Å². The van der Waals surface area contributed by atoms with Crippen LogP contribution in [0.15, 0.2) is 59.6 Å². The fraction of sp³-hybridized carbons (Fsp3) is 0.0714. The molecular weight excluding hydrogens is 267 g/mol. The van der Waals surface area contributed by atoms with Crippen molar-refractivity contribution in [3.8, 4) is 0 Å². The van der Waals surface area contributed by atoms with Crippen molar-refractivity contribution in [2.45, 2.75) is 0 Å². The smallest absolute Gasteiger partial charge is 0.132 e. The first-order valence-corrected chi connectivity index (χ1v) is 5.72. The molecule has 0 amide bonds. The third-order valence-corrected chi connectivity index (χ3v) is 2.63. The Balaban J connectivity index is 0.00000162. The van der Waals surface area contributed by atoms with Crippen molar-refractivity contribution in [3.63, 3.8) is 0 Å². The Morgan fingerprint density at radius 1 is 1.00 bits per heavy atom. The number of rotatable bonds is 2. The van der Waals surface area contributed by atoms with Crippen LogP contribution in [0.5, 0.6) is 0 Å². The maximum Gasteiger partial charge on any atom is 0.132 e. The van der Waals surface area contributed by atoms with Gasteiger partial charge in [-0.05, 0) is 36.4 Å². The van der Waals surface area contributed by atoms with Gasteiger partial charge in [0.25, 0.3) is 0 Å². The van der Waals surface area contributed by atoms with E-state index in [0.29, 0.717) is 0 Å². The van der Waals surface area contributed by atoms with Crippen molar-refractivity contribution >= 4 is 35.5 Å². The molecule has 0 fully saturated rings. The molecule has 4 heteroatoms. The van der Waals surface area contributed by atoms with Gasteiger partial charge in [0, 0.05) is 23.3 Å². The van der Waals surface area contributed by atoms with Crippen LogP contribution in [0.3, 0.4) is 0 Å². The summed E-state index contributed by atoms with van der Waals surface area (Å²) in [6, 6.07) is 17.6. The number of amidine groups is 1. The van der Waals surface area contributed by atoms with E-state index < -0.39 is 0 Å². The minimum absolute atomic E-state index is 0. The van der Waals surface area contributed by atoms with Crippen LogP contribution in [0.2, 0.25) is 5.02 Å². The van der Waals surface area contributed by atoms with Crippen molar-refractivity contribution in [1.29, 1.82) is 0 Å². The minimum Gasteiger partial charge on any atom is -0.340 e. The van der Waals surface area contributed by atoms with Crippen molar-refractivity contribution in [3.05, 3.63) is 65.2 Å². The highest BCUT2D eigenvalue weighted by atomic mass is 35.5. The molecule has 0 heterocycles. The highest BCUT2D eigenvalue weighted by Gasteiger charge is 2.02. The first-order chi connectivity index (χ1) is 8.29. The predicted octanol–water partition coefficient (Wildman–Crippen LogP) is 4.25. The van der Waals surface area contributed by atoms with Gasteiger partial charge in [-0.3, -0.25) is 4.99 Å². The van der Waals surface area contributed by atoms with E-state index in [-0.39, 0.29) is 12.4 Å². The second-order valence-electron chi connectivity index (χ2n) is 3.57. The Hall–Kier alpha value is -1.51. The zero-order valence-electron chi connectivity index (χ0n) is 9.93. The molecular formula is C14H14Cl2N2. The molecule has 0 aromatic heterocycles. The predicted molar refractivity (Wildman–Crippen MR) is 81.2 cm³/mol. The molecule has 94 valence electrons. The fourth-order valence-corrected chi connectivity index (χ4v) is 1.65. The summed E-state index contributed by atoms with van der Waals surface area (Å²) in [4.78, 5) is 4.25. The molecule has 0 unspecified atom stereocenters. The molecule has 0 spiro atoms. The Bertz CT molecular complexity index is 507. The summed E-state index contributed by atoms with van der Waals surface area (Å²) in [5.41, 5.74) is 2.03. The van der Waals surface area contributed by atoms with E-state index in [1.807, 2.05) is 54.6 Å². The second kappa shape index (κ2) is 7.04. The molecule has 0 radical (unpaired) electrons. The van der Waals surface area contributed by atoms with Crippen molar-refractivity contribution in [2.75, 3.05) is 12.4 Å². The molecule has 0 atom stereocenters. The molecule has 2 rings (SSSR count). The van der Waals surface area contributed by atoms with Crippen LogP contribution < -0.4 is 5.32 Å². The Morgan fingerprint density at radius 2 is 1.61 bits per heavy atom. The van der Waals surface area contributed by atoms with Crippen LogP contribution in [0.4, 0.5) is 5.69 Å². The second-order valence-corrected chi connectivity index (χ2v) is 4.01. The molecule has 0 aliphatic heterocycles. The monoisotopic (exact) mass is 280 g/mol. The number of aliphatic imine (C=N–C) groups is 1. The lowest BCUT2D eigenvalue weighted by atomic mass is 10.2. The molecule has 2 aromatic carbocycles. The van der Waals surface area contributed by atoms with Gasteiger partial charge in [-0.2, -0.15) is 0 Å². The Labute approximate surface area is 118 Å². The normalized spacial score (nSPS) is 10.7. The lowest BCUT2D eigenvalue weighted by Gasteiger charge is -2.09. The van der Waals surface area contributed by atoms with E-state index in [0.717, 1.165) is 22.1 Å². The van der Waals surface area contributed by atoms with Crippen LogP contribution in [-0.4, -0.2) is 12.9 Å². The lowest BCUT2D eigenvalue weighted by Crippen LogP contribution is -2.13. The van der Waals surface area contributed by atoms with Crippen molar-refractivity contribution in [1.82, 2.24) is 0 Å². The van der Waals surface area contributed by atoms with Gasteiger partial charge in [-0.1, -0.05) is 29.8 Å². The lowest BCUT2D eigenvalue weighted by molar-refractivity contribution is 1.40. The van der Waals surface area contributed by atoms with E-state index in [2.05, 4.69) is 10.3 Å². The van der Waals surface area contributed by atoms with E-state index >= 15 is 0 Å². The van der Waals surface area contributed by atoms with Gasteiger partial charge in [0.1, 0.15) is 5.84 Å². The number of nitrogens with zero attached hydrogens (tertiary/aromatic N) is 1. The minimum atomic E-state index is 0. The van der Waals surface area contributed by atoms with Gasteiger partial charge < -0.3 is 5.32 Å². The van der Waals surface area contributed by atoms with Crippen molar-refractivity contribution < 1.29 is 0 Å². The highest BCUT2D eigenvalue weighted by molar-refractivity contribution is 6.30. The Morgan fingerprint density at radius 3 is 2.17 bits per heavy atom. The summed E-state index contributed by atoms with van der Waals surface area (Å²) in [7, 11) is 1.76. The number of nitrogens with one attached hydrogen (secondary N) is 1. The Kier molecular flexibility index (Phi) is 5.69. The van der Waals surface area contributed by atoms with Crippen LogP contribution >= 0.6 is 24.0 Å². The summed E-state index contributed by atoms with van der Waals surface area (Å²) in [6.07, 6.45) is 0. The van der Waals surface area contributed by atoms with E-state index in [1.54, 1.807) is 7.05 Å². The fourth-order valence-electron chi connectivity index (χ4n) is 1.52. The zero-order valence-corrected chi connectivity index (χ0v) is 11.5. The summed E-state index contributed by atoms with van der Waals surface area (Å²) < 4.78 is 0. The molecule has 18 heavy (non-hydrogen) atoms. The molecule has 0 aliphatic carbocycles. The average Bonchev–Trinajstić information content (AvgIpc) is 2.38. The van der Waals surface area contributed by atoms with Crippen LogP contribution in [0.1, 0.15) is 5.56 Å². The molecule has 2 nitrogen and oxygen atoms in total. The van der Waals surface area contributed by atoms with Crippen LogP contribution in [0, 0.1) is 0 Å². The largest absolute Gasteiger partial charge is 0.340 e. The standard InChI is InChI=1S/C14H13ClN2.ClH/c1-16-14(11-7-9-12(15)10-8-11)17-13-5-3-2-4-6-13;/h2-10H,1H3,(H,16,17);1H. The first-order valence-electron chi connectivity index (χ1n) is 5.34. The van der Waals surface area contributed by atoms with Gasteiger partial charge in [-0.15, -0.1) is 12.4 Å². The number of hydrogen-bond donors (Lipinski definition) is 1.